The van der Waals surface area contributed by atoms with Gasteiger partial charge in [-0.3, -0.25) is 4.48 Å². The van der Waals surface area contributed by atoms with Gasteiger partial charge >= 0.3 is 17.9 Å². The van der Waals surface area contributed by atoms with Crippen molar-refractivity contribution in [3.8, 4) is 0 Å². The van der Waals surface area contributed by atoms with Crippen molar-refractivity contribution in [2.24, 2.45) is 0 Å². The maximum atomic E-state index is 11.1. The fraction of sp³-hybridized carbons (Fsp3) is 0.773. The van der Waals surface area contributed by atoms with Gasteiger partial charge in [0.2, 0.25) is 0 Å². The highest BCUT2D eigenvalue weighted by Gasteiger charge is 2.35. The molecule has 168 valence electrons. The van der Waals surface area contributed by atoms with E-state index < -0.39 is 42.0 Å². The summed E-state index contributed by atoms with van der Waals surface area (Å²) in [5.41, 5.74) is 0. The van der Waals surface area contributed by atoms with E-state index >= 15 is 0 Å². The molecule has 0 rings (SSSR count). The Labute approximate surface area is 175 Å². The van der Waals surface area contributed by atoms with Crippen molar-refractivity contribution in [1.82, 2.24) is 0 Å². The Morgan fingerprint density at radius 2 is 1.00 bits per heavy atom. The van der Waals surface area contributed by atoms with Crippen molar-refractivity contribution < 1.29 is 34.2 Å². The first-order valence-corrected chi connectivity index (χ1v) is 11.0. The van der Waals surface area contributed by atoms with E-state index in [-0.39, 0.29) is 6.54 Å². The van der Waals surface area contributed by atoms with Gasteiger partial charge in [-0.1, -0.05) is 57.6 Å². The Morgan fingerprint density at radius 1 is 0.621 bits per heavy atom. The van der Waals surface area contributed by atoms with Crippen LogP contribution < -0.4 is 0 Å². The lowest BCUT2D eigenvalue weighted by Gasteiger charge is -2.34. The summed E-state index contributed by atoms with van der Waals surface area (Å²) >= 11 is 0. The van der Waals surface area contributed by atoms with Crippen molar-refractivity contribution in [2.45, 2.75) is 84.0 Å². The first-order chi connectivity index (χ1) is 13.8. The first kappa shape index (κ1) is 27.1. The molecule has 7 heteroatoms. The molecule has 0 aliphatic heterocycles. The van der Waals surface area contributed by atoms with Gasteiger partial charge < -0.3 is 15.3 Å². The first-order valence-electron chi connectivity index (χ1n) is 11.0. The smallest absolute Gasteiger partial charge is 0.359 e. The third-order valence-electron chi connectivity index (χ3n) is 5.06. The Morgan fingerprint density at radius 3 is 1.41 bits per heavy atom. The third kappa shape index (κ3) is 16.7. The number of carboxylic acids is 3. The molecule has 0 aromatic rings. The number of unbranched alkanes of at least 4 members (excludes halogenated alkanes) is 10. The van der Waals surface area contributed by atoms with E-state index in [2.05, 4.69) is 19.1 Å². The van der Waals surface area contributed by atoms with E-state index in [9.17, 15) is 14.4 Å². The van der Waals surface area contributed by atoms with Crippen LogP contribution in [0.3, 0.4) is 0 Å². The number of carboxylic acid groups (broad SMARTS) is 3. The van der Waals surface area contributed by atoms with E-state index in [1.165, 1.54) is 32.1 Å². The van der Waals surface area contributed by atoms with Crippen LogP contribution in [0, 0.1) is 0 Å². The lowest BCUT2D eigenvalue weighted by Crippen LogP contribution is -2.57. The second-order valence-corrected chi connectivity index (χ2v) is 7.95. The van der Waals surface area contributed by atoms with Gasteiger partial charge in [-0.25, -0.2) is 14.4 Å². The van der Waals surface area contributed by atoms with Crippen LogP contribution in [0.2, 0.25) is 0 Å². The molecule has 0 amide bonds. The largest absolute Gasteiger partial charge is 0.477 e. The summed E-state index contributed by atoms with van der Waals surface area (Å²) in [6.45, 7) is 1.02. The quantitative estimate of drug-likeness (QED) is 0.155. The molecule has 29 heavy (non-hydrogen) atoms. The van der Waals surface area contributed by atoms with Crippen molar-refractivity contribution in [2.75, 3.05) is 26.2 Å². The molecule has 0 fully saturated rings. The second-order valence-electron chi connectivity index (χ2n) is 7.95. The maximum absolute atomic E-state index is 11.1. The van der Waals surface area contributed by atoms with Gasteiger partial charge in [0.1, 0.15) is 0 Å². The number of nitrogens with zero attached hydrogens (tertiary/aromatic N) is 1. The van der Waals surface area contributed by atoms with Crippen molar-refractivity contribution in [3.63, 3.8) is 0 Å². The fourth-order valence-electron chi connectivity index (χ4n) is 3.61. The SMILES string of the molecule is CCCCCCC/C=C/CCCCCCC[N+](CC(=O)O)(CC(=O)O)CC(=O)O. The molecule has 0 bridgehead atoms. The summed E-state index contributed by atoms with van der Waals surface area (Å²) in [5.74, 6) is -3.53. The minimum atomic E-state index is -1.18. The van der Waals surface area contributed by atoms with E-state index in [0.717, 1.165) is 38.5 Å². The molecule has 0 heterocycles. The standard InChI is InChI=1S/C22H39NO6/c1-2-3-4-5-6-7-8-9-10-11-12-13-14-15-16-23(17-20(24)25,18-21(26)27)19-22(28)29/h8-9H,2-7,10-19H2,1H3,(H2-,24,25,26,27,28,29)/p+1/b9-8+. The molecule has 0 aromatic heterocycles. The number of hydrogen-bond donors (Lipinski definition) is 3. The van der Waals surface area contributed by atoms with Gasteiger partial charge in [-0.15, -0.1) is 0 Å². The minimum Gasteiger partial charge on any atom is -0.477 e. The van der Waals surface area contributed by atoms with Gasteiger partial charge in [0.25, 0.3) is 0 Å². The molecule has 7 nitrogen and oxygen atoms in total. The van der Waals surface area contributed by atoms with Crippen LogP contribution in [0.25, 0.3) is 0 Å². The third-order valence-corrected chi connectivity index (χ3v) is 5.06. The molecular formula is C22H40NO6+. The number of allylic oxidation sites excluding steroid dienone is 2. The summed E-state index contributed by atoms with van der Waals surface area (Å²) in [5, 5.41) is 27.2. The number of rotatable bonds is 20. The summed E-state index contributed by atoms with van der Waals surface area (Å²) in [4.78, 5) is 33.4. The van der Waals surface area contributed by atoms with E-state index in [4.69, 9.17) is 15.3 Å². The molecule has 0 unspecified atom stereocenters. The predicted molar refractivity (Wildman–Crippen MR) is 113 cm³/mol. The van der Waals surface area contributed by atoms with Crippen molar-refractivity contribution in [3.05, 3.63) is 12.2 Å². The van der Waals surface area contributed by atoms with Crippen LogP contribution in [-0.2, 0) is 14.4 Å². The highest BCUT2D eigenvalue weighted by atomic mass is 16.4. The average Bonchev–Trinajstić information content (AvgIpc) is 2.60. The van der Waals surface area contributed by atoms with Crippen LogP contribution in [-0.4, -0.2) is 63.9 Å². The number of aliphatic carboxylic acids is 3. The zero-order chi connectivity index (χ0) is 22.0. The fourth-order valence-corrected chi connectivity index (χ4v) is 3.61. The predicted octanol–water partition coefficient (Wildman–Crippen LogP) is 4.31. The summed E-state index contributed by atoms with van der Waals surface area (Å²) < 4.78 is -0.443. The zero-order valence-electron chi connectivity index (χ0n) is 18.0. The molecule has 0 spiro atoms. The van der Waals surface area contributed by atoms with Crippen LogP contribution >= 0.6 is 0 Å². The normalized spacial score (nSPS) is 11.8. The molecule has 0 aromatic carbocycles. The Bertz CT molecular complexity index is 463. The molecule has 0 saturated carbocycles. The molecule has 0 saturated heterocycles. The van der Waals surface area contributed by atoms with Crippen molar-refractivity contribution in [1.29, 1.82) is 0 Å². The van der Waals surface area contributed by atoms with Crippen LogP contribution in [0.15, 0.2) is 12.2 Å². The van der Waals surface area contributed by atoms with Crippen LogP contribution in [0.5, 0.6) is 0 Å². The van der Waals surface area contributed by atoms with Crippen LogP contribution in [0.1, 0.15) is 84.0 Å². The summed E-state index contributed by atoms with van der Waals surface area (Å²) in [6, 6.07) is 0. The molecular weight excluding hydrogens is 374 g/mol. The van der Waals surface area contributed by atoms with E-state index in [1.807, 2.05) is 0 Å². The monoisotopic (exact) mass is 414 g/mol. The Kier molecular flexibility index (Phi) is 15.9. The second kappa shape index (κ2) is 17.0. The van der Waals surface area contributed by atoms with Crippen molar-refractivity contribution >= 4 is 17.9 Å². The number of quaternary nitrogens is 1. The minimum absolute atomic E-state index is 0.253. The zero-order valence-corrected chi connectivity index (χ0v) is 18.0. The molecule has 0 aliphatic carbocycles. The highest BCUT2D eigenvalue weighted by molar-refractivity contribution is 5.73. The Balaban J connectivity index is 4.03. The van der Waals surface area contributed by atoms with E-state index in [1.54, 1.807) is 0 Å². The Hall–Kier alpha value is -1.89. The molecule has 0 aliphatic rings. The summed E-state index contributed by atoms with van der Waals surface area (Å²) in [6.07, 6.45) is 17.9. The van der Waals surface area contributed by atoms with E-state index in [0.29, 0.717) is 6.42 Å². The van der Waals surface area contributed by atoms with Crippen LogP contribution in [0.4, 0.5) is 0 Å². The maximum Gasteiger partial charge on any atom is 0.359 e. The van der Waals surface area contributed by atoms with Gasteiger partial charge in [0, 0.05) is 0 Å². The number of carbonyl (C=O) groups is 3. The van der Waals surface area contributed by atoms with Gasteiger partial charge in [-0.2, -0.15) is 0 Å². The number of hydrogen-bond acceptors (Lipinski definition) is 3. The average molecular weight is 415 g/mol. The van der Waals surface area contributed by atoms with Gasteiger partial charge in [-0.05, 0) is 38.5 Å². The van der Waals surface area contributed by atoms with Gasteiger partial charge in [0.05, 0.1) is 6.54 Å². The molecule has 3 N–H and O–H groups in total. The molecule has 0 radical (unpaired) electrons. The van der Waals surface area contributed by atoms with Gasteiger partial charge in [0.15, 0.2) is 19.6 Å². The highest BCUT2D eigenvalue weighted by Crippen LogP contribution is 2.13. The lowest BCUT2D eigenvalue weighted by molar-refractivity contribution is -0.907. The molecule has 0 atom stereocenters. The summed E-state index contributed by atoms with van der Waals surface area (Å²) in [7, 11) is 0. The topological polar surface area (TPSA) is 112 Å². The lowest BCUT2D eigenvalue weighted by atomic mass is 10.1.